The fourth-order valence-corrected chi connectivity index (χ4v) is 1.72. The Morgan fingerprint density at radius 2 is 1.71 bits per heavy atom. The summed E-state index contributed by atoms with van der Waals surface area (Å²) < 4.78 is 0. The Hall–Kier alpha value is -1.75. The third kappa shape index (κ3) is 1.82. The van der Waals surface area contributed by atoms with Crippen LogP contribution in [-0.2, 0) is 0 Å². The molecule has 92 valence electrons. The van der Waals surface area contributed by atoms with Crippen LogP contribution in [0.1, 0.15) is 34.6 Å². The van der Waals surface area contributed by atoms with E-state index in [2.05, 4.69) is 0 Å². The molecule has 5 nitrogen and oxygen atoms in total. The number of benzene rings is 1. The first-order valence-corrected chi connectivity index (χ1v) is 5.39. The molecular formula is C11H12ClNO4. The van der Waals surface area contributed by atoms with Crippen molar-refractivity contribution in [3.8, 4) is 11.5 Å². The van der Waals surface area contributed by atoms with Crippen LogP contribution in [0.15, 0.2) is 6.07 Å². The minimum atomic E-state index is -0.591. The maximum Gasteiger partial charge on any atom is 0.262 e. The summed E-state index contributed by atoms with van der Waals surface area (Å²) in [7, 11) is 1.30. The monoisotopic (exact) mass is 257 g/mol. The highest BCUT2D eigenvalue weighted by atomic mass is 35.5. The number of hydrogen-bond donors (Lipinski definition) is 2. The van der Waals surface area contributed by atoms with Gasteiger partial charge in [0.25, 0.3) is 11.8 Å². The first kappa shape index (κ1) is 13.3. The summed E-state index contributed by atoms with van der Waals surface area (Å²) in [6.07, 6.45) is 0. The number of amides is 2. The molecule has 0 atom stereocenters. The van der Waals surface area contributed by atoms with Crippen LogP contribution < -0.4 is 0 Å². The number of rotatable bonds is 0. The first-order valence-electron chi connectivity index (χ1n) is 5.02. The van der Waals surface area contributed by atoms with Crippen LogP contribution in [0.3, 0.4) is 0 Å². The van der Waals surface area contributed by atoms with Crippen molar-refractivity contribution >= 4 is 23.4 Å². The lowest BCUT2D eigenvalue weighted by molar-refractivity contribution is 0.0693. The number of halogens is 1. The minimum absolute atomic E-state index is 0.00259. The average Bonchev–Trinajstić information content (AvgIpc) is 2.54. The van der Waals surface area contributed by atoms with Crippen LogP contribution in [-0.4, -0.2) is 34.0 Å². The normalized spacial score (nSPS) is 13.3. The van der Waals surface area contributed by atoms with E-state index in [0.717, 1.165) is 11.0 Å². The highest BCUT2D eigenvalue weighted by Crippen LogP contribution is 2.40. The van der Waals surface area contributed by atoms with E-state index >= 15 is 0 Å². The number of phenolic OH excluding ortho intramolecular Hbond substituents is 2. The summed E-state index contributed by atoms with van der Waals surface area (Å²) in [5.74, 6) is -2.25. The van der Waals surface area contributed by atoms with Crippen molar-refractivity contribution in [3.63, 3.8) is 0 Å². The molecule has 2 rings (SSSR count). The van der Waals surface area contributed by atoms with Gasteiger partial charge in [0.15, 0.2) is 11.5 Å². The van der Waals surface area contributed by atoms with Crippen molar-refractivity contribution in [2.24, 2.45) is 0 Å². The molecule has 1 aromatic rings. The zero-order valence-corrected chi connectivity index (χ0v) is 10.4. The van der Waals surface area contributed by atoms with Gasteiger partial charge in [-0.15, -0.1) is 0 Å². The Labute approximate surface area is 103 Å². The van der Waals surface area contributed by atoms with E-state index in [4.69, 9.17) is 11.6 Å². The maximum absolute atomic E-state index is 11.5. The maximum atomic E-state index is 11.5. The predicted molar refractivity (Wildman–Crippen MR) is 62.6 cm³/mol. The van der Waals surface area contributed by atoms with Crippen LogP contribution in [0.2, 0.25) is 5.02 Å². The van der Waals surface area contributed by atoms with Crippen LogP contribution >= 0.6 is 11.6 Å². The summed E-state index contributed by atoms with van der Waals surface area (Å²) in [5.41, 5.74) is -0.0673. The second-order valence-electron chi connectivity index (χ2n) is 3.15. The molecule has 0 radical (unpaired) electrons. The van der Waals surface area contributed by atoms with Gasteiger partial charge >= 0.3 is 0 Å². The fraction of sp³-hybridized carbons (Fsp3) is 0.273. The largest absolute Gasteiger partial charge is 0.504 e. The third-order valence-corrected chi connectivity index (χ3v) is 2.64. The number of hydrogen-bond acceptors (Lipinski definition) is 4. The summed E-state index contributed by atoms with van der Waals surface area (Å²) in [6, 6.07) is 1.03. The number of phenols is 2. The van der Waals surface area contributed by atoms with Crippen molar-refractivity contribution in [1.82, 2.24) is 4.90 Å². The lowest BCUT2D eigenvalue weighted by Gasteiger charge is -2.03. The zero-order valence-electron chi connectivity index (χ0n) is 9.61. The second-order valence-corrected chi connectivity index (χ2v) is 3.53. The van der Waals surface area contributed by atoms with E-state index in [-0.39, 0.29) is 16.1 Å². The van der Waals surface area contributed by atoms with Gasteiger partial charge in [-0.05, 0) is 6.07 Å². The summed E-state index contributed by atoms with van der Waals surface area (Å²) >= 11 is 5.66. The van der Waals surface area contributed by atoms with Crippen LogP contribution in [0, 0.1) is 0 Å². The molecule has 6 heteroatoms. The van der Waals surface area contributed by atoms with Crippen LogP contribution in [0.25, 0.3) is 0 Å². The lowest BCUT2D eigenvalue weighted by Crippen LogP contribution is -2.24. The molecule has 0 spiro atoms. The standard InChI is InChI=1S/C9H6ClNO4.C2H6/c1-11-8(14)3-2-4(12)7(13)6(10)5(3)9(11)15;1-2/h2,12-13H,1H3;1-2H3. The van der Waals surface area contributed by atoms with Gasteiger partial charge in [-0.1, -0.05) is 25.4 Å². The van der Waals surface area contributed by atoms with Gasteiger partial charge < -0.3 is 10.2 Å². The van der Waals surface area contributed by atoms with Crippen LogP contribution in [0.4, 0.5) is 0 Å². The van der Waals surface area contributed by atoms with Gasteiger partial charge in [0.1, 0.15) is 0 Å². The smallest absolute Gasteiger partial charge is 0.262 e. The number of imide groups is 1. The van der Waals surface area contributed by atoms with E-state index in [0.29, 0.717) is 0 Å². The fourth-order valence-electron chi connectivity index (χ4n) is 1.44. The van der Waals surface area contributed by atoms with E-state index in [1.807, 2.05) is 13.8 Å². The number of nitrogens with zero attached hydrogens (tertiary/aromatic N) is 1. The molecule has 17 heavy (non-hydrogen) atoms. The van der Waals surface area contributed by atoms with Gasteiger partial charge in [-0.2, -0.15) is 0 Å². The molecular weight excluding hydrogens is 246 g/mol. The number of carbonyl (C=O) groups excluding carboxylic acids is 2. The van der Waals surface area contributed by atoms with Gasteiger partial charge in [-0.25, -0.2) is 0 Å². The van der Waals surface area contributed by atoms with Gasteiger partial charge in [0.05, 0.1) is 16.1 Å². The lowest BCUT2D eigenvalue weighted by atomic mass is 10.1. The summed E-state index contributed by atoms with van der Waals surface area (Å²) in [6.45, 7) is 4.00. The molecule has 1 aliphatic rings. The molecule has 2 N–H and O–H groups in total. The zero-order chi connectivity index (χ0) is 13.3. The molecule has 0 aliphatic carbocycles. The number of carbonyl (C=O) groups is 2. The molecule has 2 amide bonds. The van der Waals surface area contributed by atoms with Crippen molar-refractivity contribution in [3.05, 3.63) is 22.2 Å². The molecule has 0 bridgehead atoms. The molecule has 0 saturated heterocycles. The van der Waals surface area contributed by atoms with E-state index in [9.17, 15) is 19.8 Å². The van der Waals surface area contributed by atoms with E-state index in [1.165, 1.54) is 7.05 Å². The number of aromatic hydroxyl groups is 2. The molecule has 1 heterocycles. The molecule has 1 aliphatic heterocycles. The van der Waals surface area contributed by atoms with Crippen molar-refractivity contribution in [1.29, 1.82) is 0 Å². The SMILES string of the molecule is CC.CN1C(=O)c2cc(O)c(O)c(Cl)c2C1=O. The highest BCUT2D eigenvalue weighted by Gasteiger charge is 2.37. The molecule has 0 saturated carbocycles. The van der Waals surface area contributed by atoms with Crippen molar-refractivity contribution in [2.45, 2.75) is 13.8 Å². The van der Waals surface area contributed by atoms with Gasteiger partial charge in [-0.3, -0.25) is 14.5 Å². The minimum Gasteiger partial charge on any atom is -0.504 e. The molecule has 0 aromatic heterocycles. The summed E-state index contributed by atoms with van der Waals surface area (Å²) in [5, 5.41) is 18.2. The topological polar surface area (TPSA) is 77.8 Å². The predicted octanol–water partition coefficient (Wildman–Crippen LogP) is 2.00. The first-order chi connectivity index (χ1) is 7.95. The molecule has 0 unspecified atom stereocenters. The second kappa shape index (κ2) is 4.63. The van der Waals surface area contributed by atoms with Crippen LogP contribution in [0.5, 0.6) is 11.5 Å². The van der Waals surface area contributed by atoms with Gasteiger partial charge in [0.2, 0.25) is 0 Å². The summed E-state index contributed by atoms with van der Waals surface area (Å²) in [4.78, 5) is 23.9. The highest BCUT2D eigenvalue weighted by molar-refractivity contribution is 6.38. The average molecular weight is 258 g/mol. The van der Waals surface area contributed by atoms with Gasteiger partial charge in [0, 0.05) is 7.05 Å². The Bertz CT molecular complexity index is 499. The third-order valence-electron chi connectivity index (χ3n) is 2.27. The Balaban J connectivity index is 0.000000686. The Morgan fingerprint density at radius 3 is 2.24 bits per heavy atom. The number of fused-ring (bicyclic) bond motifs is 1. The Morgan fingerprint density at radius 1 is 1.18 bits per heavy atom. The Kier molecular flexibility index (Phi) is 3.63. The van der Waals surface area contributed by atoms with Crippen molar-refractivity contribution in [2.75, 3.05) is 7.05 Å². The van der Waals surface area contributed by atoms with E-state index < -0.39 is 23.3 Å². The quantitative estimate of drug-likeness (QED) is 0.550. The molecule has 1 aromatic carbocycles. The van der Waals surface area contributed by atoms with E-state index in [1.54, 1.807) is 0 Å². The van der Waals surface area contributed by atoms with Crippen molar-refractivity contribution < 1.29 is 19.8 Å². The molecule has 0 fully saturated rings.